The van der Waals surface area contributed by atoms with Gasteiger partial charge in [0.15, 0.2) is 0 Å². The number of allylic oxidation sites excluding steroid dienone is 2. The van der Waals surface area contributed by atoms with Crippen molar-refractivity contribution < 1.29 is 4.79 Å². The van der Waals surface area contributed by atoms with Crippen LogP contribution >= 0.6 is 0 Å². The van der Waals surface area contributed by atoms with Crippen molar-refractivity contribution in [3.63, 3.8) is 0 Å². The van der Waals surface area contributed by atoms with Gasteiger partial charge >= 0.3 is 0 Å². The number of hydrogen-bond donors (Lipinski definition) is 0. The maximum atomic E-state index is 12.0. The normalized spacial score (nSPS) is 11.2. The first-order chi connectivity index (χ1) is 8.19. The number of amides is 1. The van der Waals surface area contributed by atoms with Crippen molar-refractivity contribution >= 4 is 11.6 Å². The van der Waals surface area contributed by atoms with Crippen molar-refractivity contribution in [1.29, 1.82) is 0 Å². The van der Waals surface area contributed by atoms with Crippen LogP contribution in [-0.4, -0.2) is 5.91 Å². The van der Waals surface area contributed by atoms with Crippen LogP contribution in [0.4, 0.5) is 5.69 Å². The van der Waals surface area contributed by atoms with Gasteiger partial charge in [0, 0.05) is 11.9 Å². The molecule has 0 unspecified atom stereocenters. The Morgan fingerprint density at radius 1 is 1.29 bits per heavy atom. The van der Waals surface area contributed by atoms with E-state index in [0.29, 0.717) is 0 Å². The predicted octanol–water partition coefficient (Wildman–Crippen LogP) is 3.83. The van der Waals surface area contributed by atoms with E-state index in [0.717, 1.165) is 12.1 Å². The monoisotopic (exact) mass is 229 g/mol. The molecule has 2 nitrogen and oxygen atoms in total. The largest absolute Gasteiger partial charge is 0.285 e. The van der Waals surface area contributed by atoms with E-state index < -0.39 is 0 Å². The summed E-state index contributed by atoms with van der Waals surface area (Å²) in [4.78, 5) is 13.6. The first-order valence-corrected chi connectivity index (χ1v) is 5.88. The molecule has 1 aromatic carbocycles. The number of carbonyl (C=O) groups excluding carboxylic acids is 1. The molecule has 0 aliphatic carbocycles. The second-order valence-corrected chi connectivity index (χ2v) is 3.84. The molecule has 0 aliphatic heterocycles. The average molecular weight is 229 g/mol. The fourth-order valence-electron chi connectivity index (χ4n) is 1.44. The Kier molecular flexibility index (Phi) is 5.21. The van der Waals surface area contributed by atoms with Gasteiger partial charge in [-0.1, -0.05) is 36.8 Å². The minimum Gasteiger partial charge on any atom is -0.285 e. The summed E-state index contributed by atoms with van der Waals surface area (Å²) >= 11 is 0. The standard InChI is InChI=1S/C15H19NO/c1-4-6-7-15(17)16(12-5-2)14-10-8-13(3)9-11-14/h5-12H,4H2,1-3H3/b7-6+,12-5-. The zero-order valence-corrected chi connectivity index (χ0v) is 10.7. The summed E-state index contributed by atoms with van der Waals surface area (Å²) in [5.74, 6) is -0.0196. The molecule has 1 amide bonds. The molecule has 0 heterocycles. The van der Waals surface area contributed by atoms with E-state index in [1.54, 1.807) is 17.2 Å². The maximum absolute atomic E-state index is 12.0. The lowest BCUT2D eigenvalue weighted by molar-refractivity contribution is -0.113. The Hall–Kier alpha value is -1.83. The van der Waals surface area contributed by atoms with E-state index in [1.807, 2.05) is 57.2 Å². The van der Waals surface area contributed by atoms with E-state index in [9.17, 15) is 4.79 Å². The predicted molar refractivity (Wildman–Crippen MR) is 72.9 cm³/mol. The smallest absolute Gasteiger partial charge is 0.254 e. The summed E-state index contributed by atoms with van der Waals surface area (Å²) in [5, 5.41) is 0. The molecule has 0 aliphatic rings. The van der Waals surface area contributed by atoms with Crippen LogP contribution in [0.1, 0.15) is 25.8 Å². The van der Waals surface area contributed by atoms with Gasteiger partial charge in [0.2, 0.25) is 0 Å². The molecule has 2 heteroatoms. The van der Waals surface area contributed by atoms with Crippen LogP contribution in [0.3, 0.4) is 0 Å². The molecule has 0 bridgehead atoms. The van der Waals surface area contributed by atoms with E-state index in [4.69, 9.17) is 0 Å². The van der Waals surface area contributed by atoms with Gasteiger partial charge in [-0.15, -0.1) is 0 Å². The molecule has 0 N–H and O–H groups in total. The van der Waals surface area contributed by atoms with E-state index in [2.05, 4.69) is 0 Å². The number of anilines is 1. The highest BCUT2D eigenvalue weighted by Crippen LogP contribution is 2.16. The highest BCUT2D eigenvalue weighted by atomic mass is 16.2. The topological polar surface area (TPSA) is 20.3 Å². The Bertz CT molecular complexity index is 415. The quantitative estimate of drug-likeness (QED) is 0.718. The molecule has 0 atom stereocenters. The van der Waals surface area contributed by atoms with E-state index >= 15 is 0 Å². The molecule has 0 saturated heterocycles. The van der Waals surface area contributed by atoms with Gasteiger partial charge in [0.25, 0.3) is 5.91 Å². The van der Waals surface area contributed by atoms with Crippen LogP contribution in [0.5, 0.6) is 0 Å². The van der Waals surface area contributed by atoms with Gasteiger partial charge in [-0.05, 0) is 38.5 Å². The third kappa shape index (κ3) is 3.91. The van der Waals surface area contributed by atoms with E-state index in [-0.39, 0.29) is 5.91 Å². The van der Waals surface area contributed by atoms with Crippen LogP contribution in [0.15, 0.2) is 48.7 Å². The second kappa shape index (κ2) is 6.69. The van der Waals surface area contributed by atoms with Crippen molar-refractivity contribution in [2.75, 3.05) is 4.90 Å². The van der Waals surface area contributed by atoms with Crippen LogP contribution < -0.4 is 4.90 Å². The first kappa shape index (κ1) is 13.2. The van der Waals surface area contributed by atoms with Crippen LogP contribution in [0.2, 0.25) is 0 Å². The molecule has 1 aromatic rings. The second-order valence-electron chi connectivity index (χ2n) is 3.84. The number of hydrogen-bond acceptors (Lipinski definition) is 1. The Labute approximate surface area is 103 Å². The summed E-state index contributed by atoms with van der Waals surface area (Å²) in [7, 11) is 0. The van der Waals surface area contributed by atoms with E-state index in [1.165, 1.54) is 5.56 Å². The molecule has 0 fully saturated rings. The molecule has 0 radical (unpaired) electrons. The first-order valence-electron chi connectivity index (χ1n) is 5.88. The number of carbonyl (C=O) groups is 1. The number of rotatable bonds is 4. The Balaban J connectivity index is 2.96. The van der Waals surface area contributed by atoms with Gasteiger partial charge < -0.3 is 0 Å². The maximum Gasteiger partial charge on any atom is 0.254 e. The SMILES string of the molecule is C/C=C\N(C(=O)/C=C/CC)c1ccc(C)cc1. The summed E-state index contributed by atoms with van der Waals surface area (Å²) in [6.45, 7) is 5.94. The van der Waals surface area contributed by atoms with Crippen molar-refractivity contribution in [2.45, 2.75) is 27.2 Å². The molecule has 0 aromatic heterocycles. The summed E-state index contributed by atoms with van der Waals surface area (Å²) < 4.78 is 0. The molecule has 17 heavy (non-hydrogen) atoms. The van der Waals surface area contributed by atoms with Crippen molar-refractivity contribution in [3.8, 4) is 0 Å². The lowest BCUT2D eigenvalue weighted by atomic mass is 10.2. The van der Waals surface area contributed by atoms with Crippen molar-refractivity contribution in [3.05, 3.63) is 54.3 Å². The summed E-state index contributed by atoms with van der Waals surface area (Å²) in [5.41, 5.74) is 2.07. The Morgan fingerprint density at radius 2 is 1.94 bits per heavy atom. The van der Waals surface area contributed by atoms with Gasteiger partial charge in [-0.25, -0.2) is 0 Å². The van der Waals surface area contributed by atoms with Crippen LogP contribution in [0.25, 0.3) is 0 Å². The highest BCUT2D eigenvalue weighted by molar-refractivity contribution is 6.02. The fraction of sp³-hybridized carbons (Fsp3) is 0.267. The fourth-order valence-corrected chi connectivity index (χ4v) is 1.44. The van der Waals surface area contributed by atoms with Gasteiger partial charge in [0.1, 0.15) is 0 Å². The van der Waals surface area contributed by atoms with Crippen molar-refractivity contribution in [2.24, 2.45) is 0 Å². The highest BCUT2D eigenvalue weighted by Gasteiger charge is 2.08. The summed E-state index contributed by atoms with van der Waals surface area (Å²) in [6, 6.07) is 7.91. The minimum atomic E-state index is -0.0196. The summed E-state index contributed by atoms with van der Waals surface area (Å²) in [6.07, 6.45) is 7.99. The van der Waals surface area contributed by atoms with Crippen LogP contribution in [-0.2, 0) is 4.79 Å². The zero-order chi connectivity index (χ0) is 12.7. The number of benzene rings is 1. The molecule has 90 valence electrons. The number of nitrogens with zero attached hydrogens (tertiary/aromatic N) is 1. The van der Waals surface area contributed by atoms with Crippen LogP contribution in [0, 0.1) is 6.92 Å². The average Bonchev–Trinajstić information content (AvgIpc) is 2.34. The third-order valence-electron chi connectivity index (χ3n) is 2.34. The molecule has 0 spiro atoms. The lowest BCUT2D eigenvalue weighted by Crippen LogP contribution is -2.22. The van der Waals surface area contributed by atoms with Gasteiger partial charge in [-0.3, -0.25) is 9.69 Å². The Morgan fingerprint density at radius 3 is 2.47 bits per heavy atom. The minimum absolute atomic E-state index is 0.0196. The van der Waals surface area contributed by atoms with Gasteiger partial charge in [0.05, 0.1) is 0 Å². The lowest BCUT2D eigenvalue weighted by Gasteiger charge is -2.16. The molecule has 1 rings (SSSR count). The van der Waals surface area contributed by atoms with Gasteiger partial charge in [-0.2, -0.15) is 0 Å². The number of aryl methyl sites for hydroxylation is 1. The third-order valence-corrected chi connectivity index (χ3v) is 2.34. The molecular weight excluding hydrogens is 210 g/mol. The molecular formula is C15H19NO. The molecule has 0 saturated carbocycles. The van der Waals surface area contributed by atoms with Crippen molar-refractivity contribution in [1.82, 2.24) is 0 Å². The zero-order valence-electron chi connectivity index (χ0n) is 10.7.